The summed E-state index contributed by atoms with van der Waals surface area (Å²) in [5.41, 5.74) is 0. The Hall–Kier alpha value is -3.41. The van der Waals surface area contributed by atoms with Crippen LogP contribution in [0.1, 0.15) is 226 Å². The van der Waals surface area contributed by atoms with E-state index in [4.69, 9.17) is 14.2 Å². The largest absolute Gasteiger partial charge is 0.462 e. The van der Waals surface area contributed by atoms with E-state index >= 15 is 0 Å². The summed E-state index contributed by atoms with van der Waals surface area (Å²) in [7, 11) is 0. The van der Waals surface area contributed by atoms with Crippen LogP contribution in [0.15, 0.2) is 85.1 Å². The molecule has 348 valence electrons. The molecule has 0 aliphatic rings. The first kappa shape index (κ1) is 57.6. The van der Waals surface area contributed by atoms with Crippen LogP contribution in [-0.4, -0.2) is 37.2 Å². The SMILES string of the molecule is CC\C=C/C=C\C=C/CCCCCCCC(=O)OC(COC(=O)CCC/C=C\C/C=C\C/C=C\C/C=C\CCCCC)COC(=O)CCCCCCCCCCCCCCC. The van der Waals surface area contributed by atoms with Crippen molar-refractivity contribution in [2.24, 2.45) is 0 Å². The molecule has 6 heteroatoms. The fraction of sp³-hybridized carbons (Fsp3) is 0.691. The van der Waals surface area contributed by atoms with Crippen LogP contribution in [0.3, 0.4) is 0 Å². The van der Waals surface area contributed by atoms with Gasteiger partial charge in [0.05, 0.1) is 0 Å². The number of rotatable bonds is 44. The summed E-state index contributed by atoms with van der Waals surface area (Å²) in [6.45, 7) is 6.40. The average Bonchev–Trinajstić information content (AvgIpc) is 3.26. The predicted octanol–water partition coefficient (Wildman–Crippen LogP) is 16.4. The molecule has 0 aliphatic heterocycles. The number of carbonyl (C=O) groups excluding carboxylic acids is 3. The summed E-state index contributed by atoms with van der Waals surface area (Å²) in [6, 6.07) is 0. The van der Waals surface area contributed by atoms with Gasteiger partial charge in [-0.1, -0.05) is 215 Å². The van der Waals surface area contributed by atoms with Gasteiger partial charge >= 0.3 is 17.9 Å². The van der Waals surface area contributed by atoms with Crippen molar-refractivity contribution in [3.63, 3.8) is 0 Å². The van der Waals surface area contributed by atoms with E-state index in [1.807, 2.05) is 0 Å². The van der Waals surface area contributed by atoms with Crippen LogP contribution in [-0.2, 0) is 28.6 Å². The fourth-order valence-corrected chi connectivity index (χ4v) is 6.67. The second kappa shape index (κ2) is 49.2. The van der Waals surface area contributed by atoms with Crippen LogP contribution in [0.25, 0.3) is 0 Å². The first-order valence-corrected chi connectivity index (χ1v) is 25.1. The number of carbonyl (C=O) groups is 3. The van der Waals surface area contributed by atoms with Gasteiger partial charge in [0.25, 0.3) is 0 Å². The Bertz CT molecular complexity index is 1200. The van der Waals surface area contributed by atoms with Gasteiger partial charge in [-0.3, -0.25) is 14.4 Å². The Balaban J connectivity index is 4.49. The summed E-state index contributed by atoms with van der Waals surface area (Å²) in [5.74, 6) is -0.982. The Kier molecular flexibility index (Phi) is 46.5. The van der Waals surface area contributed by atoms with E-state index in [1.165, 1.54) is 89.9 Å². The van der Waals surface area contributed by atoms with Gasteiger partial charge < -0.3 is 14.2 Å². The quantitative estimate of drug-likeness (QED) is 0.0200. The Morgan fingerprint density at radius 3 is 1.23 bits per heavy atom. The lowest BCUT2D eigenvalue weighted by Crippen LogP contribution is -2.30. The monoisotopic (exact) mass is 849 g/mol. The van der Waals surface area contributed by atoms with Gasteiger partial charge in [-0.2, -0.15) is 0 Å². The lowest BCUT2D eigenvalue weighted by molar-refractivity contribution is -0.167. The molecule has 0 aliphatic carbocycles. The number of unbranched alkanes of at least 4 members (excludes halogenated alkanes) is 21. The number of ether oxygens (including phenoxy) is 3. The molecule has 0 fully saturated rings. The molecule has 0 saturated heterocycles. The van der Waals surface area contributed by atoms with Crippen LogP contribution in [0.5, 0.6) is 0 Å². The molecule has 0 aromatic carbocycles. The first-order chi connectivity index (χ1) is 30.0. The van der Waals surface area contributed by atoms with E-state index < -0.39 is 6.10 Å². The zero-order chi connectivity index (χ0) is 44.4. The molecule has 0 aromatic heterocycles. The lowest BCUT2D eigenvalue weighted by atomic mass is 10.0. The summed E-state index contributed by atoms with van der Waals surface area (Å²) in [5, 5.41) is 0. The second-order valence-corrected chi connectivity index (χ2v) is 16.4. The molecule has 61 heavy (non-hydrogen) atoms. The third kappa shape index (κ3) is 47.5. The van der Waals surface area contributed by atoms with Crippen molar-refractivity contribution in [1.82, 2.24) is 0 Å². The van der Waals surface area contributed by atoms with E-state index in [-0.39, 0.29) is 37.5 Å². The van der Waals surface area contributed by atoms with Gasteiger partial charge in [0.15, 0.2) is 6.10 Å². The maximum absolute atomic E-state index is 12.8. The smallest absolute Gasteiger partial charge is 0.306 e. The number of esters is 3. The van der Waals surface area contributed by atoms with Crippen molar-refractivity contribution in [3.8, 4) is 0 Å². The molecule has 0 rings (SSSR count). The van der Waals surface area contributed by atoms with Crippen LogP contribution in [0, 0.1) is 0 Å². The standard InChI is InChI=1S/C55H92O6/c1-4-7-10-13-16-19-22-25-26-27-28-31-33-36-39-42-45-48-54(57)60-51-52(61-55(58)49-46-43-40-37-34-30-24-21-18-15-12-9-6-3)50-59-53(56)47-44-41-38-35-32-29-23-20-17-14-11-8-5-2/h9,12,15-16,18-19,21,24-26,28,31,36,39,52H,4-8,10-11,13-14,17,20,22-23,27,29-30,32-35,37-38,40-51H2,1-3H3/b12-9-,18-15-,19-16-,24-21-,26-25-,31-28-,39-36-. The molecular formula is C55H92O6. The molecule has 1 unspecified atom stereocenters. The molecule has 0 N–H and O–H groups in total. The molecule has 0 aromatic rings. The molecule has 0 amide bonds. The van der Waals surface area contributed by atoms with Crippen molar-refractivity contribution in [2.45, 2.75) is 232 Å². The summed E-state index contributed by atoms with van der Waals surface area (Å²) < 4.78 is 16.7. The summed E-state index contributed by atoms with van der Waals surface area (Å²) >= 11 is 0. The molecule has 0 heterocycles. The molecule has 0 radical (unpaired) electrons. The van der Waals surface area contributed by atoms with Crippen LogP contribution in [0.2, 0.25) is 0 Å². The van der Waals surface area contributed by atoms with Crippen molar-refractivity contribution in [1.29, 1.82) is 0 Å². The topological polar surface area (TPSA) is 78.9 Å². The third-order valence-electron chi connectivity index (χ3n) is 10.4. The van der Waals surface area contributed by atoms with Crippen LogP contribution >= 0.6 is 0 Å². The average molecular weight is 849 g/mol. The number of allylic oxidation sites excluding steroid dienone is 14. The molecule has 1 atom stereocenters. The Morgan fingerprint density at radius 2 is 0.721 bits per heavy atom. The highest BCUT2D eigenvalue weighted by Crippen LogP contribution is 2.14. The molecular weight excluding hydrogens is 757 g/mol. The first-order valence-electron chi connectivity index (χ1n) is 25.1. The van der Waals surface area contributed by atoms with Gasteiger partial charge in [0.1, 0.15) is 13.2 Å². The third-order valence-corrected chi connectivity index (χ3v) is 10.4. The number of hydrogen-bond donors (Lipinski definition) is 0. The Labute approximate surface area is 375 Å². The molecule has 0 saturated carbocycles. The summed E-state index contributed by atoms with van der Waals surface area (Å²) in [4.78, 5) is 37.9. The van der Waals surface area contributed by atoms with Crippen molar-refractivity contribution in [3.05, 3.63) is 85.1 Å². The molecule has 6 nitrogen and oxygen atoms in total. The zero-order valence-corrected chi connectivity index (χ0v) is 39.7. The van der Waals surface area contributed by atoms with Gasteiger partial charge in [-0.05, 0) is 77.0 Å². The molecule has 0 spiro atoms. The van der Waals surface area contributed by atoms with Gasteiger partial charge in [-0.25, -0.2) is 0 Å². The second-order valence-electron chi connectivity index (χ2n) is 16.4. The number of hydrogen-bond acceptors (Lipinski definition) is 6. The summed E-state index contributed by atoms with van der Waals surface area (Å²) in [6.07, 6.45) is 62.8. The van der Waals surface area contributed by atoms with Gasteiger partial charge in [0, 0.05) is 19.3 Å². The zero-order valence-electron chi connectivity index (χ0n) is 39.7. The fourth-order valence-electron chi connectivity index (χ4n) is 6.67. The van der Waals surface area contributed by atoms with E-state index in [9.17, 15) is 14.4 Å². The molecule has 0 bridgehead atoms. The van der Waals surface area contributed by atoms with Crippen molar-refractivity contribution >= 4 is 17.9 Å². The van der Waals surface area contributed by atoms with E-state index in [0.29, 0.717) is 19.3 Å². The maximum Gasteiger partial charge on any atom is 0.306 e. The van der Waals surface area contributed by atoms with Crippen LogP contribution in [0.4, 0.5) is 0 Å². The minimum Gasteiger partial charge on any atom is -0.462 e. The Morgan fingerprint density at radius 1 is 0.361 bits per heavy atom. The van der Waals surface area contributed by atoms with Crippen molar-refractivity contribution < 1.29 is 28.6 Å². The van der Waals surface area contributed by atoms with E-state index in [0.717, 1.165) is 89.9 Å². The highest BCUT2D eigenvalue weighted by Gasteiger charge is 2.19. The normalized spacial score (nSPS) is 12.8. The highest BCUT2D eigenvalue weighted by atomic mass is 16.6. The van der Waals surface area contributed by atoms with E-state index in [2.05, 4.69) is 106 Å². The van der Waals surface area contributed by atoms with Crippen molar-refractivity contribution in [2.75, 3.05) is 13.2 Å². The minimum atomic E-state index is -0.807. The minimum absolute atomic E-state index is 0.101. The predicted molar refractivity (Wildman–Crippen MR) is 261 cm³/mol. The maximum atomic E-state index is 12.8. The van der Waals surface area contributed by atoms with Gasteiger partial charge in [0.2, 0.25) is 0 Å². The van der Waals surface area contributed by atoms with Crippen LogP contribution < -0.4 is 0 Å². The van der Waals surface area contributed by atoms with E-state index in [1.54, 1.807) is 0 Å². The van der Waals surface area contributed by atoms with Gasteiger partial charge in [-0.15, -0.1) is 0 Å². The highest BCUT2D eigenvalue weighted by molar-refractivity contribution is 5.71. The lowest BCUT2D eigenvalue weighted by Gasteiger charge is -2.18.